The van der Waals surface area contributed by atoms with Gasteiger partial charge in [-0.2, -0.15) is 10.1 Å². The number of hydrogen-bond donors (Lipinski definition) is 1. The Morgan fingerprint density at radius 2 is 1.81 bits per heavy atom. The second-order valence-electron chi connectivity index (χ2n) is 8.49. The number of allylic oxidation sites excluding steroid dienone is 1. The van der Waals surface area contributed by atoms with Gasteiger partial charge in [0.25, 0.3) is 0 Å². The van der Waals surface area contributed by atoms with E-state index in [2.05, 4.69) is 31.3 Å². The summed E-state index contributed by atoms with van der Waals surface area (Å²) < 4.78 is 20.1. The van der Waals surface area contributed by atoms with Crippen LogP contribution in [0.4, 0.5) is 5.95 Å². The van der Waals surface area contributed by atoms with Gasteiger partial charge in [0.2, 0.25) is 5.95 Å². The van der Waals surface area contributed by atoms with Crippen molar-refractivity contribution in [1.82, 2.24) is 14.8 Å². The number of benzene rings is 3. The number of methoxy groups -OCH3 is 1. The molecule has 1 aliphatic rings. The SMILES string of the molecule is COc1cc(C2C(C(=O)OCc3ccccc3)=C(C)Nc3ncnn32)ccc1OCc1cccc(Br)c1. The van der Waals surface area contributed by atoms with E-state index in [9.17, 15) is 4.79 Å². The molecule has 1 aromatic heterocycles. The smallest absolute Gasteiger partial charge is 0.338 e. The molecule has 0 amide bonds. The highest BCUT2D eigenvalue weighted by Gasteiger charge is 2.35. The lowest BCUT2D eigenvalue weighted by atomic mass is 9.95. The van der Waals surface area contributed by atoms with Crippen molar-refractivity contribution in [1.29, 1.82) is 0 Å². The summed E-state index contributed by atoms with van der Waals surface area (Å²) >= 11 is 3.49. The average molecular weight is 561 g/mol. The second kappa shape index (κ2) is 10.9. The number of halogens is 1. The van der Waals surface area contributed by atoms with Crippen LogP contribution in [-0.4, -0.2) is 27.8 Å². The maximum atomic E-state index is 13.4. The van der Waals surface area contributed by atoms with Gasteiger partial charge in [-0.25, -0.2) is 9.48 Å². The molecular formula is C28H25BrN4O4. The number of aromatic nitrogens is 3. The molecule has 4 aromatic rings. The van der Waals surface area contributed by atoms with Crippen LogP contribution < -0.4 is 14.8 Å². The minimum atomic E-state index is -0.560. The number of hydrogen-bond acceptors (Lipinski definition) is 7. The summed E-state index contributed by atoms with van der Waals surface area (Å²) in [4.78, 5) is 17.7. The van der Waals surface area contributed by atoms with E-state index >= 15 is 0 Å². The normalized spacial score (nSPS) is 14.5. The predicted octanol–water partition coefficient (Wildman–Crippen LogP) is 5.66. The maximum absolute atomic E-state index is 13.4. The van der Waals surface area contributed by atoms with Gasteiger partial charge in [-0.3, -0.25) is 0 Å². The Kier molecular flexibility index (Phi) is 7.23. The number of ether oxygens (including phenoxy) is 3. The third-order valence-corrected chi connectivity index (χ3v) is 6.51. The molecular weight excluding hydrogens is 536 g/mol. The first kappa shape index (κ1) is 24.6. The van der Waals surface area contributed by atoms with Crippen LogP contribution in [0.15, 0.2) is 94.9 Å². The van der Waals surface area contributed by atoms with E-state index in [0.717, 1.165) is 21.2 Å². The Morgan fingerprint density at radius 3 is 2.59 bits per heavy atom. The van der Waals surface area contributed by atoms with Gasteiger partial charge in [-0.1, -0.05) is 64.5 Å². The van der Waals surface area contributed by atoms with Crippen LogP contribution in [0.3, 0.4) is 0 Å². The standard InChI is InChI=1S/C28H25BrN4O4/c1-18-25(27(34)37-15-19-7-4-3-5-8-19)26(33-28(32-18)30-17-31-33)21-11-12-23(24(14-21)35-2)36-16-20-9-6-10-22(29)13-20/h3-14,17,26H,15-16H2,1-2H3,(H,30,31,32). The fraction of sp³-hybridized carbons (Fsp3) is 0.179. The molecule has 0 fully saturated rings. The summed E-state index contributed by atoms with van der Waals surface area (Å²) in [5, 5.41) is 7.55. The van der Waals surface area contributed by atoms with Gasteiger partial charge < -0.3 is 19.5 Å². The van der Waals surface area contributed by atoms with Gasteiger partial charge >= 0.3 is 5.97 Å². The Hall–Kier alpha value is -4.11. The molecule has 0 aliphatic carbocycles. The molecule has 37 heavy (non-hydrogen) atoms. The lowest BCUT2D eigenvalue weighted by Gasteiger charge is -2.28. The minimum absolute atomic E-state index is 0.166. The quantitative estimate of drug-likeness (QED) is 0.278. The number of esters is 1. The number of anilines is 1. The van der Waals surface area contributed by atoms with Crippen molar-refractivity contribution in [3.05, 3.63) is 112 Å². The van der Waals surface area contributed by atoms with Crippen molar-refractivity contribution in [2.45, 2.75) is 26.2 Å². The number of carbonyl (C=O) groups excluding carboxylic acids is 1. The molecule has 0 radical (unpaired) electrons. The molecule has 188 valence electrons. The van der Waals surface area contributed by atoms with E-state index in [1.165, 1.54) is 6.33 Å². The van der Waals surface area contributed by atoms with Crippen LogP contribution in [0.5, 0.6) is 11.5 Å². The van der Waals surface area contributed by atoms with Crippen molar-refractivity contribution in [2.75, 3.05) is 12.4 Å². The monoisotopic (exact) mass is 560 g/mol. The van der Waals surface area contributed by atoms with E-state index in [1.54, 1.807) is 11.8 Å². The molecule has 0 bridgehead atoms. The van der Waals surface area contributed by atoms with E-state index in [-0.39, 0.29) is 6.61 Å². The molecule has 5 rings (SSSR count). The van der Waals surface area contributed by atoms with Crippen LogP contribution in [0.2, 0.25) is 0 Å². The first-order valence-electron chi connectivity index (χ1n) is 11.7. The molecule has 1 aliphatic heterocycles. The minimum Gasteiger partial charge on any atom is -0.493 e. The molecule has 1 unspecified atom stereocenters. The largest absolute Gasteiger partial charge is 0.493 e. The van der Waals surface area contributed by atoms with Gasteiger partial charge in [-0.05, 0) is 47.9 Å². The topological polar surface area (TPSA) is 87.5 Å². The van der Waals surface area contributed by atoms with Crippen LogP contribution in [0, 0.1) is 0 Å². The molecule has 0 spiro atoms. The molecule has 1 N–H and O–H groups in total. The zero-order valence-corrected chi connectivity index (χ0v) is 21.9. The first-order chi connectivity index (χ1) is 18.0. The molecule has 8 nitrogen and oxygen atoms in total. The van der Waals surface area contributed by atoms with Crippen molar-refractivity contribution in [3.8, 4) is 11.5 Å². The number of rotatable bonds is 8. The van der Waals surface area contributed by atoms with Gasteiger partial charge in [0.05, 0.1) is 12.7 Å². The third-order valence-electron chi connectivity index (χ3n) is 6.01. The van der Waals surface area contributed by atoms with Crippen molar-refractivity contribution >= 4 is 27.8 Å². The van der Waals surface area contributed by atoms with Crippen LogP contribution in [-0.2, 0) is 22.7 Å². The summed E-state index contributed by atoms with van der Waals surface area (Å²) in [6.07, 6.45) is 1.45. The third kappa shape index (κ3) is 5.36. The molecule has 3 aromatic carbocycles. The lowest BCUT2D eigenvalue weighted by molar-refractivity contribution is -0.140. The summed E-state index contributed by atoms with van der Waals surface area (Å²) in [6.45, 7) is 2.38. The lowest BCUT2D eigenvalue weighted by Crippen LogP contribution is -2.29. The molecule has 9 heteroatoms. The van der Waals surface area contributed by atoms with Crippen LogP contribution in [0.1, 0.15) is 29.7 Å². The molecule has 0 saturated carbocycles. The summed E-state index contributed by atoms with van der Waals surface area (Å²) in [5.41, 5.74) is 3.81. The highest BCUT2D eigenvalue weighted by molar-refractivity contribution is 9.10. The first-order valence-corrected chi connectivity index (χ1v) is 12.5. The van der Waals surface area contributed by atoms with Crippen LogP contribution in [0.25, 0.3) is 0 Å². The maximum Gasteiger partial charge on any atom is 0.338 e. The number of nitrogens with zero attached hydrogens (tertiary/aromatic N) is 3. The number of carbonyl (C=O) groups is 1. The Labute approximate surface area is 223 Å². The average Bonchev–Trinajstić information content (AvgIpc) is 3.38. The Balaban J connectivity index is 1.43. The zero-order valence-electron chi connectivity index (χ0n) is 20.3. The second-order valence-corrected chi connectivity index (χ2v) is 9.40. The van der Waals surface area contributed by atoms with Crippen molar-refractivity contribution in [2.24, 2.45) is 0 Å². The van der Waals surface area contributed by atoms with Crippen molar-refractivity contribution in [3.63, 3.8) is 0 Å². The Morgan fingerprint density at radius 1 is 1.00 bits per heavy atom. The Bertz CT molecular complexity index is 1450. The molecule has 2 heterocycles. The predicted molar refractivity (Wildman–Crippen MR) is 142 cm³/mol. The highest BCUT2D eigenvalue weighted by Crippen LogP contribution is 2.39. The van der Waals surface area contributed by atoms with E-state index in [4.69, 9.17) is 14.2 Å². The fourth-order valence-electron chi connectivity index (χ4n) is 4.23. The van der Waals surface area contributed by atoms with E-state index in [1.807, 2.05) is 79.7 Å². The van der Waals surface area contributed by atoms with E-state index in [0.29, 0.717) is 35.3 Å². The van der Waals surface area contributed by atoms with Crippen LogP contribution >= 0.6 is 15.9 Å². The van der Waals surface area contributed by atoms with E-state index < -0.39 is 12.0 Å². The number of fused-ring (bicyclic) bond motifs is 1. The van der Waals surface area contributed by atoms with Crippen molar-refractivity contribution < 1.29 is 19.0 Å². The highest BCUT2D eigenvalue weighted by atomic mass is 79.9. The zero-order chi connectivity index (χ0) is 25.8. The molecule has 0 saturated heterocycles. The van der Waals surface area contributed by atoms with Gasteiger partial charge in [0.1, 0.15) is 25.6 Å². The molecule has 1 atom stereocenters. The summed E-state index contributed by atoms with van der Waals surface area (Å²) in [6, 6.07) is 22.5. The fourth-order valence-corrected chi connectivity index (χ4v) is 4.67. The number of nitrogens with one attached hydrogen (secondary N) is 1. The van der Waals surface area contributed by atoms with Gasteiger partial charge in [-0.15, -0.1) is 0 Å². The summed E-state index contributed by atoms with van der Waals surface area (Å²) in [5.74, 6) is 1.24. The summed E-state index contributed by atoms with van der Waals surface area (Å²) in [7, 11) is 1.59. The van der Waals surface area contributed by atoms with Gasteiger partial charge in [0.15, 0.2) is 11.5 Å². The van der Waals surface area contributed by atoms with Gasteiger partial charge in [0, 0.05) is 10.2 Å².